The van der Waals surface area contributed by atoms with Gasteiger partial charge < -0.3 is 34.0 Å². The van der Waals surface area contributed by atoms with Crippen molar-refractivity contribution < 1.29 is 66.3 Å². The number of allylic oxidation sites excluding steroid dienone is 8. The number of hydrogen-bond donors (Lipinski definition) is 4. The molecule has 0 radical (unpaired) electrons. The molecule has 14 nitrogen and oxygen atoms in total. The second-order valence-corrected chi connectivity index (χ2v) is 18.9. The highest BCUT2D eigenvalue weighted by atomic mass is 31.2. The molecule has 0 aromatic rings. The Hall–Kier alpha value is -2.22. The number of phosphoric ester groups is 2. The van der Waals surface area contributed by atoms with E-state index in [2.05, 4.69) is 72.4 Å². The van der Waals surface area contributed by atoms with E-state index in [1.807, 2.05) is 18.2 Å². The summed E-state index contributed by atoms with van der Waals surface area (Å²) < 4.78 is 53.4. The average Bonchev–Trinajstić information content (AvgIpc) is 3.97. The molecule has 0 bridgehead atoms. The van der Waals surface area contributed by atoms with Crippen LogP contribution in [0.25, 0.3) is 0 Å². The summed E-state index contributed by atoms with van der Waals surface area (Å²) in [7, 11) is -9.70. The number of hydrogen-bond acceptors (Lipinski definition) is 11. The van der Waals surface area contributed by atoms with E-state index in [4.69, 9.17) is 28.5 Å². The molecule has 0 aromatic carbocycles. The third kappa shape index (κ3) is 38.3. The first-order valence-electron chi connectivity index (χ1n) is 23.0. The van der Waals surface area contributed by atoms with Crippen molar-refractivity contribution in [2.24, 2.45) is 5.92 Å². The van der Waals surface area contributed by atoms with E-state index in [0.29, 0.717) is 31.5 Å². The highest BCUT2D eigenvalue weighted by Gasteiger charge is 2.36. The normalized spacial score (nSPS) is 17.9. The third-order valence-corrected chi connectivity index (χ3v) is 11.2. The Kier molecular flexibility index (Phi) is 34.5. The van der Waals surface area contributed by atoms with Crippen molar-refractivity contribution in [1.82, 2.24) is 0 Å². The van der Waals surface area contributed by atoms with E-state index in [1.165, 1.54) is 57.8 Å². The van der Waals surface area contributed by atoms with Crippen LogP contribution in [0.3, 0.4) is 0 Å². The van der Waals surface area contributed by atoms with Gasteiger partial charge in [-0.15, -0.1) is 0 Å². The molecule has 3 unspecified atom stereocenters. The van der Waals surface area contributed by atoms with Crippen LogP contribution >= 0.6 is 15.6 Å². The summed E-state index contributed by atoms with van der Waals surface area (Å²) in [6.07, 6.45) is 39.9. The van der Waals surface area contributed by atoms with Gasteiger partial charge in [-0.1, -0.05) is 159 Å². The minimum absolute atomic E-state index is 0.0655. The maximum atomic E-state index is 12.7. The summed E-state index contributed by atoms with van der Waals surface area (Å²) in [4.78, 5) is 52.7. The average molecular weight is 919 g/mol. The summed E-state index contributed by atoms with van der Waals surface area (Å²) in [5.74, 6) is -0.348. The van der Waals surface area contributed by atoms with Gasteiger partial charge in [0.1, 0.15) is 12.7 Å². The number of aliphatic hydroxyl groups excluding tert-OH is 1. The van der Waals surface area contributed by atoms with Crippen LogP contribution in [-0.2, 0) is 46.5 Å². The van der Waals surface area contributed by atoms with Gasteiger partial charge >= 0.3 is 27.6 Å². The van der Waals surface area contributed by atoms with Gasteiger partial charge in [-0.2, -0.15) is 0 Å². The molecule has 1 rings (SSSR count). The SMILES string of the molecule is CC/C=C\CC1OC1C/C=C\C/C=C\C/C=C\C/C=C\CCC(=O)OC[C@H](COP(=O)(O)OC[C@@H](O)COP(=O)(O)O)OC(=O)CCCCCCCCCCCCCCC(C)C. The third-order valence-electron chi connectivity index (χ3n) is 9.75. The predicted octanol–water partition coefficient (Wildman–Crippen LogP) is 10.9. The van der Waals surface area contributed by atoms with Crippen molar-refractivity contribution in [3.05, 3.63) is 60.8 Å². The molecule has 0 aromatic heterocycles. The number of carbonyl (C=O) groups excluding carboxylic acids is 2. The largest absolute Gasteiger partial charge is 0.472 e. The maximum absolute atomic E-state index is 12.7. The van der Waals surface area contributed by atoms with Gasteiger partial charge in [0.05, 0.1) is 32.0 Å². The lowest BCUT2D eigenvalue weighted by atomic mass is 10.0. The highest BCUT2D eigenvalue weighted by molar-refractivity contribution is 7.47. The fraction of sp³-hybridized carbons (Fsp3) is 0.739. The monoisotopic (exact) mass is 919 g/mol. The highest BCUT2D eigenvalue weighted by Crippen LogP contribution is 2.44. The summed E-state index contributed by atoms with van der Waals surface area (Å²) in [6.45, 7) is 3.87. The Labute approximate surface area is 372 Å². The minimum Gasteiger partial charge on any atom is -0.462 e. The van der Waals surface area contributed by atoms with E-state index >= 15 is 0 Å². The fourth-order valence-corrected chi connectivity index (χ4v) is 7.34. The lowest BCUT2D eigenvalue weighted by molar-refractivity contribution is -0.161. The molecule has 1 aliphatic rings. The molecular weight excluding hydrogens is 838 g/mol. The minimum atomic E-state index is -4.87. The van der Waals surface area contributed by atoms with Crippen LogP contribution in [0.4, 0.5) is 0 Å². The number of aliphatic hydroxyl groups is 1. The van der Waals surface area contributed by atoms with Crippen LogP contribution in [0.2, 0.25) is 0 Å². The van der Waals surface area contributed by atoms with E-state index in [-0.39, 0.29) is 12.8 Å². The first-order chi connectivity index (χ1) is 29.7. The van der Waals surface area contributed by atoms with Crippen molar-refractivity contribution in [3.63, 3.8) is 0 Å². The molecule has 1 fully saturated rings. The van der Waals surface area contributed by atoms with Crippen LogP contribution < -0.4 is 0 Å². The number of phosphoric acid groups is 2. The van der Waals surface area contributed by atoms with E-state index in [0.717, 1.165) is 57.3 Å². The Balaban J connectivity index is 2.38. The molecule has 5 atom stereocenters. The zero-order valence-corrected chi connectivity index (χ0v) is 39.6. The lowest BCUT2D eigenvalue weighted by Crippen LogP contribution is -2.29. The molecule has 16 heteroatoms. The number of carbonyl (C=O) groups is 2. The van der Waals surface area contributed by atoms with Crippen molar-refractivity contribution in [2.75, 3.05) is 26.4 Å². The van der Waals surface area contributed by atoms with Crippen molar-refractivity contribution in [2.45, 2.75) is 186 Å². The van der Waals surface area contributed by atoms with Crippen LogP contribution in [0.5, 0.6) is 0 Å². The predicted molar refractivity (Wildman–Crippen MR) is 243 cm³/mol. The molecule has 0 spiro atoms. The quantitative estimate of drug-likeness (QED) is 0.0148. The van der Waals surface area contributed by atoms with Crippen LogP contribution in [-0.4, -0.2) is 82.6 Å². The summed E-state index contributed by atoms with van der Waals surface area (Å²) >= 11 is 0. The molecule has 62 heavy (non-hydrogen) atoms. The van der Waals surface area contributed by atoms with E-state index in [1.54, 1.807) is 0 Å². The zero-order chi connectivity index (χ0) is 45.7. The van der Waals surface area contributed by atoms with Gasteiger partial charge in [-0.3, -0.25) is 23.2 Å². The Morgan fingerprint density at radius 2 is 1.08 bits per heavy atom. The number of unbranched alkanes of at least 4 members (excludes halogenated alkanes) is 11. The molecule has 0 saturated carbocycles. The Bertz CT molecular complexity index is 1410. The molecule has 1 aliphatic heterocycles. The van der Waals surface area contributed by atoms with Crippen molar-refractivity contribution in [1.29, 1.82) is 0 Å². The second-order valence-electron chi connectivity index (χ2n) is 16.2. The van der Waals surface area contributed by atoms with E-state index < -0.39 is 66.2 Å². The summed E-state index contributed by atoms with van der Waals surface area (Å²) in [6, 6.07) is 0. The fourth-order valence-electron chi connectivity index (χ4n) is 6.19. The summed E-state index contributed by atoms with van der Waals surface area (Å²) in [5, 5.41) is 9.76. The van der Waals surface area contributed by atoms with Gasteiger partial charge in [0.25, 0.3) is 0 Å². The molecule has 1 saturated heterocycles. The Morgan fingerprint density at radius 1 is 0.597 bits per heavy atom. The smallest absolute Gasteiger partial charge is 0.462 e. The Morgan fingerprint density at radius 3 is 1.63 bits per heavy atom. The van der Waals surface area contributed by atoms with Crippen LogP contribution in [0.1, 0.15) is 162 Å². The topological polar surface area (TPSA) is 208 Å². The second kappa shape index (κ2) is 37.0. The van der Waals surface area contributed by atoms with Gasteiger partial charge in [-0.25, -0.2) is 9.13 Å². The molecule has 0 amide bonds. The first-order valence-corrected chi connectivity index (χ1v) is 26.0. The lowest BCUT2D eigenvalue weighted by Gasteiger charge is -2.20. The summed E-state index contributed by atoms with van der Waals surface area (Å²) in [5.41, 5.74) is 0. The molecule has 0 aliphatic carbocycles. The van der Waals surface area contributed by atoms with Crippen LogP contribution in [0.15, 0.2) is 60.8 Å². The molecule has 358 valence electrons. The number of ether oxygens (including phenoxy) is 3. The van der Waals surface area contributed by atoms with Crippen LogP contribution in [0, 0.1) is 5.92 Å². The van der Waals surface area contributed by atoms with Crippen molar-refractivity contribution >= 4 is 27.6 Å². The standard InChI is InChI=1S/C46H80O14P2/c1-4-5-26-32-43-44(60-43)33-28-23-19-15-11-7-9-12-16-20-24-29-34-45(48)55-38-42(39-58-62(53,54)57-37-41(47)36-56-61(50,51)52)59-46(49)35-30-25-21-17-13-8-6-10-14-18-22-27-31-40(2)3/h5,9,11-12,15,20,23-24,26,28,40-44,47H,4,6-8,10,13-14,16-19,21-22,25,27,29-39H2,1-3H3,(H,53,54)(H2,50,51,52)/b12-9-,15-11-,24-20-,26-5-,28-23-/t41-,42+,43?,44?/m0/s1. The van der Waals surface area contributed by atoms with Gasteiger partial charge in [-0.05, 0) is 57.3 Å². The van der Waals surface area contributed by atoms with Crippen molar-refractivity contribution in [3.8, 4) is 0 Å². The van der Waals surface area contributed by atoms with Gasteiger partial charge in [0.2, 0.25) is 0 Å². The molecule has 4 N–H and O–H groups in total. The first kappa shape index (κ1) is 57.8. The maximum Gasteiger partial charge on any atom is 0.472 e. The van der Waals surface area contributed by atoms with E-state index in [9.17, 15) is 28.7 Å². The zero-order valence-electron chi connectivity index (χ0n) is 37.8. The van der Waals surface area contributed by atoms with Gasteiger partial charge in [0.15, 0.2) is 6.10 Å². The van der Waals surface area contributed by atoms with Gasteiger partial charge in [0, 0.05) is 12.8 Å². The number of epoxide rings is 1. The molecular formula is C46H80O14P2. The number of esters is 2. The molecule has 1 heterocycles. The number of rotatable bonds is 41.